The van der Waals surface area contributed by atoms with Crippen LogP contribution in [0.15, 0.2) is 40.8 Å². The fraction of sp³-hybridized carbons (Fsp3) is 0.474. The lowest BCUT2D eigenvalue weighted by molar-refractivity contribution is -0.137. The molecule has 1 atom stereocenters. The maximum Gasteiger partial charge on any atom is 0.416 e. The second kappa shape index (κ2) is 7.01. The van der Waals surface area contributed by atoms with E-state index in [0.29, 0.717) is 12.1 Å². The predicted octanol–water partition coefficient (Wildman–Crippen LogP) is 5.45. The Morgan fingerprint density at radius 1 is 1.12 bits per heavy atom. The second-order valence-electron chi connectivity index (χ2n) is 6.98. The van der Waals surface area contributed by atoms with Gasteiger partial charge in [-0.15, -0.1) is 0 Å². The summed E-state index contributed by atoms with van der Waals surface area (Å²) >= 11 is 0. The molecule has 0 fully saturated rings. The van der Waals surface area contributed by atoms with Crippen LogP contribution >= 0.6 is 0 Å². The minimum Gasteiger partial charge on any atom is -0.466 e. The van der Waals surface area contributed by atoms with Crippen molar-refractivity contribution in [1.82, 2.24) is 5.32 Å². The Labute approximate surface area is 141 Å². The first-order valence-electron chi connectivity index (χ1n) is 8.04. The zero-order chi connectivity index (χ0) is 18.0. The van der Waals surface area contributed by atoms with E-state index < -0.39 is 11.7 Å². The van der Waals surface area contributed by atoms with Gasteiger partial charge < -0.3 is 9.73 Å². The fourth-order valence-corrected chi connectivity index (χ4v) is 2.89. The summed E-state index contributed by atoms with van der Waals surface area (Å²) in [6, 6.07) is 9.50. The molecular formula is C19H24F3NO. The zero-order valence-electron chi connectivity index (χ0n) is 14.5. The normalized spacial score (nSPS) is 14.0. The molecule has 0 aliphatic carbocycles. The monoisotopic (exact) mass is 339 g/mol. The van der Waals surface area contributed by atoms with Gasteiger partial charge in [0.25, 0.3) is 0 Å². The first-order chi connectivity index (χ1) is 11.1. The molecule has 1 unspecified atom stereocenters. The maximum atomic E-state index is 12.7. The number of hydrogen-bond acceptors (Lipinski definition) is 2. The number of nitrogens with one attached hydrogen (secondary N) is 1. The lowest BCUT2D eigenvalue weighted by Crippen LogP contribution is -2.32. The van der Waals surface area contributed by atoms with Crippen molar-refractivity contribution in [2.24, 2.45) is 0 Å². The quantitative estimate of drug-likeness (QED) is 0.757. The predicted molar refractivity (Wildman–Crippen MR) is 88.8 cm³/mol. The number of hydrogen-bond donors (Lipinski definition) is 1. The Morgan fingerprint density at radius 3 is 2.42 bits per heavy atom. The SMILES string of the molecule is Cc1ccc(C(C)(C)CC(C)NCc2cccc(C(F)(F)F)c2)o1. The number of alkyl halides is 3. The summed E-state index contributed by atoms with van der Waals surface area (Å²) in [4.78, 5) is 0. The maximum absolute atomic E-state index is 12.7. The Morgan fingerprint density at radius 2 is 1.83 bits per heavy atom. The third-order valence-electron chi connectivity index (χ3n) is 4.13. The first kappa shape index (κ1) is 18.6. The van der Waals surface area contributed by atoms with Gasteiger partial charge in [-0.2, -0.15) is 13.2 Å². The number of aryl methyl sites for hydroxylation is 1. The van der Waals surface area contributed by atoms with Crippen molar-refractivity contribution in [1.29, 1.82) is 0 Å². The number of rotatable bonds is 6. The molecule has 1 heterocycles. The van der Waals surface area contributed by atoms with Crippen molar-refractivity contribution in [3.8, 4) is 0 Å². The Bertz CT molecular complexity index is 673. The molecule has 24 heavy (non-hydrogen) atoms. The van der Waals surface area contributed by atoms with Crippen LogP contribution in [0, 0.1) is 6.92 Å². The molecule has 0 saturated carbocycles. The van der Waals surface area contributed by atoms with Crippen molar-refractivity contribution in [2.45, 2.75) is 58.3 Å². The minimum absolute atomic E-state index is 0.139. The van der Waals surface area contributed by atoms with E-state index >= 15 is 0 Å². The first-order valence-corrected chi connectivity index (χ1v) is 8.04. The molecule has 2 aromatic rings. The Hall–Kier alpha value is -1.75. The van der Waals surface area contributed by atoms with Gasteiger partial charge in [-0.3, -0.25) is 0 Å². The van der Waals surface area contributed by atoms with Gasteiger partial charge in [0, 0.05) is 18.0 Å². The summed E-state index contributed by atoms with van der Waals surface area (Å²) in [6.07, 6.45) is -3.49. The van der Waals surface area contributed by atoms with Crippen LogP contribution in [0.1, 0.15) is 49.8 Å². The average molecular weight is 339 g/mol. The van der Waals surface area contributed by atoms with Gasteiger partial charge in [-0.25, -0.2) is 0 Å². The summed E-state index contributed by atoms with van der Waals surface area (Å²) in [6.45, 7) is 8.56. The van der Waals surface area contributed by atoms with Crippen LogP contribution in [-0.4, -0.2) is 6.04 Å². The molecule has 0 amide bonds. The van der Waals surface area contributed by atoms with Crippen molar-refractivity contribution in [2.75, 3.05) is 0 Å². The lowest BCUT2D eigenvalue weighted by atomic mass is 9.83. The molecule has 0 bridgehead atoms. The minimum atomic E-state index is -4.30. The van der Waals surface area contributed by atoms with E-state index in [-0.39, 0.29) is 11.5 Å². The number of benzene rings is 1. The zero-order valence-corrected chi connectivity index (χ0v) is 14.5. The van der Waals surface area contributed by atoms with Crippen molar-refractivity contribution in [3.63, 3.8) is 0 Å². The van der Waals surface area contributed by atoms with E-state index in [1.54, 1.807) is 6.07 Å². The van der Waals surface area contributed by atoms with E-state index in [4.69, 9.17) is 4.42 Å². The highest BCUT2D eigenvalue weighted by Crippen LogP contribution is 2.31. The molecule has 0 saturated heterocycles. The molecular weight excluding hydrogens is 315 g/mol. The van der Waals surface area contributed by atoms with Gasteiger partial charge in [0.1, 0.15) is 11.5 Å². The van der Waals surface area contributed by atoms with Crippen LogP contribution in [0.4, 0.5) is 13.2 Å². The Kier molecular flexibility index (Phi) is 5.43. The topological polar surface area (TPSA) is 25.2 Å². The van der Waals surface area contributed by atoms with Crippen LogP contribution < -0.4 is 5.32 Å². The average Bonchev–Trinajstić information content (AvgIpc) is 2.92. The van der Waals surface area contributed by atoms with Gasteiger partial charge in [0.15, 0.2) is 0 Å². The van der Waals surface area contributed by atoms with Crippen LogP contribution in [0.5, 0.6) is 0 Å². The van der Waals surface area contributed by atoms with Crippen LogP contribution in [-0.2, 0) is 18.1 Å². The van der Waals surface area contributed by atoms with E-state index in [9.17, 15) is 13.2 Å². The summed E-state index contributed by atoms with van der Waals surface area (Å²) in [5.74, 6) is 1.80. The van der Waals surface area contributed by atoms with E-state index in [1.807, 2.05) is 26.0 Å². The van der Waals surface area contributed by atoms with Crippen molar-refractivity contribution in [3.05, 3.63) is 59.0 Å². The molecule has 0 aliphatic rings. The summed E-state index contributed by atoms with van der Waals surface area (Å²) in [5, 5.41) is 3.30. The van der Waals surface area contributed by atoms with Gasteiger partial charge >= 0.3 is 6.18 Å². The summed E-state index contributed by atoms with van der Waals surface area (Å²) < 4.78 is 44.0. The van der Waals surface area contributed by atoms with Crippen molar-refractivity contribution >= 4 is 0 Å². The van der Waals surface area contributed by atoms with Crippen LogP contribution in [0.25, 0.3) is 0 Å². The molecule has 1 aromatic heterocycles. The third-order valence-corrected chi connectivity index (χ3v) is 4.13. The highest BCUT2D eigenvalue weighted by Gasteiger charge is 2.30. The van der Waals surface area contributed by atoms with Crippen LogP contribution in [0.3, 0.4) is 0 Å². The molecule has 0 radical (unpaired) electrons. The van der Waals surface area contributed by atoms with E-state index in [0.717, 1.165) is 24.0 Å². The molecule has 2 rings (SSSR count). The van der Waals surface area contributed by atoms with E-state index in [1.165, 1.54) is 12.1 Å². The third kappa shape index (κ3) is 4.87. The standard InChI is InChI=1S/C19H24F3NO/c1-13(11-18(3,4)17-9-8-14(2)24-17)23-12-15-6-5-7-16(10-15)19(20,21)22/h5-10,13,23H,11-12H2,1-4H3. The molecule has 1 aromatic carbocycles. The van der Waals surface area contributed by atoms with Crippen LogP contribution in [0.2, 0.25) is 0 Å². The van der Waals surface area contributed by atoms with Gasteiger partial charge in [-0.05, 0) is 44.0 Å². The molecule has 0 aliphatic heterocycles. The van der Waals surface area contributed by atoms with E-state index in [2.05, 4.69) is 19.2 Å². The van der Waals surface area contributed by atoms with Gasteiger partial charge in [0.05, 0.1) is 5.56 Å². The molecule has 0 spiro atoms. The van der Waals surface area contributed by atoms with Gasteiger partial charge in [0.2, 0.25) is 0 Å². The number of furan rings is 1. The highest BCUT2D eigenvalue weighted by atomic mass is 19.4. The molecule has 1 N–H and O–H groups in total. The molecule has 5 heteroatoms. The second-order valence-corrected chi connectivity index (χ2v) is 6.98. The summed E-state index contributed by atoms with van der Waals surface area (Å²) in [5.41, 5.74) is -0.127. The van der Waals surface area contributed by atoms with Crippen molar-refractivity contribution < 1.29 is 17.6 Å². The smallest absolute Gasteiger partial charge is 0.416 e. The fourth-order valence-electron chi connectivity index (χ4n) is 2.89. The van der Waals surface area contributed by atoms with Gasteiger partial charge in [-0.1, -0.05) is 32.0 Å². The lowest BCUT2D eigenvalue weighted by Gasteiger charge is -2.26. The summed E-state index contributed by atoms with van der Waals surface area (Å²) in [7, 11) is 0. The number of halogens is 3. The Balaban J connectivity index is 1.95. The molecule has 132 valence electrons. The molecule has 2 nitrogen and oxygen atoms in total. The highest BCUT2D eigenvalue weighted by molar-refractivity contribution is 5.25. The largest absolute Gasteiger partial charge is 0.466 e.